The van der Waals surface area contributed by atoms with Gasteiger partial charge in [-0.15, -0.1) is 0 Å². The molecule has 20 heavy (non-hydrogen) atoms. The molecule has 3 rings (SSSR count). The molecular weight excluding hydrogens is 250 g/mol. The first-order valence-electron chi connectivity index (χ1n) is 7.66. The second-order valence-electron chi connectivity index (χ2n) is 6.19. The molecule has 1 atom stereocenters. The predicted molar refractivity (Wildman–Crippen MR) is 78.3 cm³/mol. The number of hydrogen-bond donors (Lipinski definition) is 1. The minimum atomic E-state index is 0.0476. The van der Waals surface area contributed by atoms with Gasteiger partial charge in [0.2, 0.25) is 0 Å². The van der Waals surface area contributed by atoms with Crippen molar-refractivity contribution in [2.75, 3.05) is 6.61 Å². The summed E-state index contributed by atoms with van der Waals surface area (Å²) >= 11 is 0. The van der Waals surface area contributed by atoms with Gasteiger partial charge in [0.25, 0.3) is 0 Å². The molecule has 0 bridgehead atoms. The van der Waals surface area contributed by atoms with Crippen LogP contribution >= 0.6 is 0 Å². The number of Topliss-reactive ketones (excluding diaryl/α,β-unsaturated/α-hetero) is 1. The van der Waals surface area contributed by atoms with Crippen LogP contribution in [-0.4, -0.2) is 18.0 Å². The fraction of sp³-hybridized carbons (Fsp3) is 0.588. The predicted octanol–water partition coefficient (Wildman–Crippen LogP) is 2.61. The zero-order chi connectivity index (χ0) is 14.0. The summed E-state index contributed by atoms with van der Waals surface area (Å²) in [6.07, 6.45) is 5.85. The smallest absolute Gasteiger partial charge is 0.140 e. The normalized spacial score (nSPS) is 24.4. The number of carbonyl (C=O) groups is 1. The van der Waals surface area contributed by atoms with Crippen molar-refractivity contribution in [3.63, 3.8) is 0 Å². The van der Waals surface area contributed by atoms with Crippen molar-refractivity contribution < 1.29 is 9.53 Å². The highest BCUT2D eigenvalue weighted by Gasteiger charge is 2.44. The minimum Gasteiger partial charge on any atom is -0.375 e. The fourth-order valence-corrected chi connectivity index (χ4v) is 3.48. The topological polar surface area (TPSA) is 52.3 Å². The van der Waals surface area contributed by atoms with Gasteiger partial charge in [0.1, 0.15) is 5.78 Å². The van der Waals surface area contributed by atoms with Crippen LogP contribution in [0.2, 0.25) is 0 Å². The zero-order valence-corrected chi connectivity index (χ0v) is 11.9. The maximum Gasteiger partial charge on any atom is 0.140 e. The molecule has 1 aliphatic heterocycles. The molecule has 1 aromatic rings. The van der Waals surface area contributed by atoms with E-state index >= 15 is 0 Å². The van der Waals surface area contributed by atoms with Crippen molar-refractivity contribution in [1.82, 2.24) is 0 Å². The van der Waals surface area contributed by atoms with E-state index in [1.807, 2.05) is 24.3 Å². The first kappa shape index (κ1) is 13.8. The molecule has 1 heterocycles. The molecule has 0 amide bonds. The van der Waals surface area contributed by atoms with E-state index in [2.05, 4.69) is 0 Å². The molecule has 0 radical (unpaired) electrons. The van der Waals surface area contributed by atoms with Crippen molar-refractivity contribution in [2.24, 2.45) is 11.7 Å². The van der Waals surface area contributed by atoms with Crippen LogP contribution in [0.5, 0.6) is 0 Å². The summed E-state index contributed by atoms with van der Waals surface area (Å²) in [5.74, 6) is 0.537. The lowest BCUT2D eigenvalue weighted by atomic mass is 9.70. The van der Waals surface area contributed by atoms with Gasteiger partial charge in [0.15, 0.2) is 0 Å². The molecule has 2 fully saturated rings. The lowest BCUT2D eigenvalue weighted by molar-refractivity contribution is -0.155. The summed E-state index contributed by atoms with van der Waals surface area (Å²) in [5, 5.41) is 0. The van der Waals surface area contributed by atoms with Gasteiger partial charge in [-0.05, 0) is 43.2 Å². The first-order valence-corrected chi connectivity index (χ1v) is 7.66. The monoisotopic (exact) mass is 273 g/mol. The van der Waals surface area contributed by atoms with Gasteiger partial charge < -0.3 is 10.5 Å². The Bertz CT molecular complexity index is 494. The highest BCUT2D eigenvalue weighted by molar-refractivity contribution is 5.83. The zero-order valence-electron chi connectivity index (χ0n) is 11.9. The average Bonchev–Trinajstić information content (AvgIpc) is 2.46. The number of carbonyl (C=O) groups excluding carboxylic acids is 1. The average molecular weight is 273 g/mol. The third-order valence-corrected chi connectivity index (χ3v) is 4.92. The largest absolute Gasteiger partial charge is 0.375 e. The summed E-state index contributed by atoms with van der Waals surface area (Å²) in [6, 6.07) is 8.01. The minimum absolute atomic E-state index is 0.0476. The van der Waals surface area contributed by atoms with E-state index in [-0.39, 0.29) is 11.5 Å². The Morgan fingerprint density at radius 3 is 2.70 bits per heavy atom. The van der Waals surface area contributed by atoms with E-state index in [1.54, 1.807) is 0 Å². The Morgan fingerprint density at radius 1 is 1.30 bits per heavy atom. The lowest BCUT2D eigenvalue weighted by Gasteiger charge is -2.46. The Morgan fingerprint density at radius 2 is 2.05 bits per heavy atom. The summed E-state index contributed by atoms with van der Waals surface area (Å²) in [4.78, 5) is 12.6. The molecule has 2 aliphatic rings. The Kier molecular flexibility index (Phi) is 3.90. The lowest BCUT2D eigenvalue weighted by Crippen LogP contribution is -2.47. The van der Waals surface area contributed by atoms with Crippen molar-refractivity contribution in [2.45, 2.75) is 50.7 Å². The van der Waals surface area contributed by atoms with Gasteiger partial charge in [0.05, 0.1) is 5.60 Å². The van der Waals surface area contributed by atoms with E-state index in [0.717, 1.165) is 43.4 Å². The van der Waals surface area contributed by atoms with E-state index in [9.17, 15) is 4.79 Å². The van der Waals surface area contributed by atoms with E-state index in [0.29, 0.717) is 18.7 Å². The highest BCUT2D eigenvalue weighted by atomic mass is 16.5. The maximum atomic E-state index is 12.6. The molecule has 2 N–H and O–H groups in total. The molecule has 1 unspecified atom stereocenters. The standard InChI is InChI=1S/C17H23NO2/c18-12-15-5-2-1-4-13(15)10-16(19)14-6-9-20-17(11-14)7-3-8-17/h1-2,4-5,14H,3,6-12,18H2. The van der Waals surface area contributed by atoms with Crippen molar-refractivity contribution in [3.05, 3.63) is 35.4 Å². The Hall–Kier alpha value is -1.19. The summed E-state index contributed by atoms with van der Waals surface area (Å²) < 4.78 is 5.90. The van der Waals surface area contributed by atoms with E-state index < -0.39 is 0 Å². The van der Waals surface area contributed by atoms with Crippen LogP contribution in [0.25, 0.3) is 0 Å². The van der Waals surface area contributed by atoms with E-state index in [4.69, 9.17) is 10.5 Å². The van der Waals surface area contributed by atoms with Gasteiger partial charge in [-0.3, -0.25) is 4.79 Å². The van der Waals surface area contributed by atoms with Crippen LogP contribution in [0.3, 0.4) is 0 Å². The summed E-state index contributed by atoms with van der Waals surface area (Å²) in [5.41, 5.74) is 7.98. The van der Waals surface area contributed by atoms with Crippen LogP contribution < -0.4 is 5.73 Å². The second-order valence-corrected chi connectivity index (χ2v) is 6.19. The molecule has 0 aromatic heterocycles. The quantitative estimate of drug-likeness (QED) is 0.917. The van der Waals surface area contributed by atoms with Crippen LogP contribution in [0, 0.1) is 5.92 Å². The van der Waals surface area contributed by atoms with Gasteiger partial charge >= 0.3 is 0 Å². The number of ketones is 1. The molecule has 3 heteroatoms. The number of rotatable bonds is 4. The molecular formula is C17H23NO2. The molecule has 108 valence electrons. The van der Waals surface area contributed by atoms with Crippen molar-refractivity contribution >= 4 is 5.78 Å². The molecule has 1 saturated heterocycles. The molecule has 1 aromatic carbocycles. The van der Waals surface area contributed by atoms with E-state index in [1.165, 1.54) is 6.42 Å². The Balaban J connectivity index is 1.66. The highest BCUT2D eigenvalue weighted by Crippen LogP contribution is 2.44. The van der Waals surface area contributed by atoms with Gasteiger partial charge in [-0.1, -0.05) is 24.3 Å². The van der Waals surface area contributed by atoms with Crippen LogP contribution in [-0.2, 0) is 22.5 Å². The van der Waals surface area contributed by atoms with Crippen LogP contribution in [0.15, 0.2) is 24.3 Å². The van der Waals surface area contributed by atoms with Crippen LogP contribution in [0.1, 0.15) is 43.2 Å². The fourth-order valence-electron chi connectivity index (χ4n) is 3.48. The van der Waals surface area contributed by atoms with Gasteiger partial charge in [0, 0.05) is 25.5 Å². The third-order valence-electron chi connectivity index (χ3n) is 4.92. The van der Waals surface area contributed by atoms with Crippen LogP contribution in [0.4, 0.5) is 0 Å². The SMILES string of the molecule is NCc1ccccc1CC(=O)C1CCOC2(CCC2)C1. The summed E-state index contributed by atoms with van der Waals surface area (Å²) in [6.45, 7) is 1.25. The second kappa shape index (κ2) is 5.66. The first-order chi connectivity index (χ1) is 9.72. The maximum absolute atomic E-state index is 12.6. The summed E-state index contributed by atoms with van der Waals surface area (Å²) in [7, 11) is 0. The number of nitrogens with two attached hydrogens (primary N) is 1. The molecule has 1 aliphatic carbocycles. The van der Waals surface area contributed by atoms with Gasteiger partial charge in [-0.2, -0.15) is 0 Å². The Labute approximate surface area is 120 Å². The molecule has 3 nitrogen and oxygen atoms in total. The van der Waals surface area contributed by atoms with Crippen molar-refractivity contribution in [1.29, 1.82) is 0 Å². The molecule has 1 spiro atoms. The number of ether oxygens (including phenoxy) is 1. The molecule has 1 saturated carbocycles. The number of hydrogen-bond acceptors (Lipinski definition) is 3. The third kappa shape index (κ3) is 2.65. The van der Waals surface area contributed by atoms with Crippen molar-refractivity contribution in [3.8, 4) is 0 Å². The number of benzene rings is 1. The van der Waals surface area contributed by atoms with Gasteiger partial charge in [-0.25, -0.2) is 0 Å².